The Morgan fingerprint density at radius 2 is 1.90 bits per heavy atom. The molecule has 1 heterocycles. The number of hydrogen-bond donors (Lipinski definition) is 0. The first-order valence-corrected chi connectivity index (χ1v) is 3.40. The van der Waals surface area contributed by atoms with E-state index in [0.29, 0.717) is 25.4 Å². The van der Waals surface area contributed by atoms with Crippen LogP contribution in [0.2, 0.25) is 0 Å². The first-order chi connectivity index (χ1) is 4.88. The zero-order valence-corrected chi connectivity index (χ0v) is 5.55. The summed E-state index contributed by atoms with van der Waals surface area (Å²) in [6, 6.07) is 0. The summed E-state index contributed by atoms with van der Waals surface area (Å²) in [6.45, 7) is 1.11. The maximum Gasteiger partial charge on any atom is 0.201 e. The zero-order valence-electron chi connectivity index (χ0n) is 5.55. The van der Waals surface area contributed by atoms with Crippen molar-refractivity contribution in [2.24, 2.45) is 0 Å². The average Bonchev–Trinajstić information content (AvgIpc) is 2.34. The first kappa shape index (κ1) is 5.77. The number of hydrogen-bond acceptors (Lipinski definition) is 3. The molecule has 1 aliphatic carbocycles. The van der Waals surface area contributed by atoms with E-state index in [1.807, 2.05) is 0 Å². The normalized spacial score (nSPS) is 23.8. The van der Waals surface area contributed by atoms with E-state index in [2.05, 4.69) is 0 Å². The van der Waals surface area contributed by atoms with Gasteiger partial charge in [-0.15, -0.1) is 0 Å². The Bertz CT molecular complexity index is 205. The highest BCUT2D eigenvalue weighted by molar-refractivity contribution is 5.96. The number of carbonyl (C=O) groups excluding carboxylic acids is 1. The van der Waals surface area contributed by atoms with Crippen LogP contribution in [-0.4, -0.2) is 19.0 Å². The molecule has 0 amide bonds. The fraction of sp³-hybridized carbons (Fsp3) is 0.571. The predicted octanol–water partition coefficient (Wildman–Crippen LogP) is 0.608. The van der Waals surface area contributed by atoms with Gasteiger partial charge >= 0.3 is 0 Å². The Balaban J connectivity index is 2.29. The Hall–Kier alpha value is -0.990. The number of ether oxygens (including phenoxy) is 2. The molecule has 0 aromatic heterocycles. The standard InChI is InChI=1S/C7H8O3/c8-5-1-2-6-7(5)10-4-3-9-6/h1-4H2. The summed E-state index contributed by atoms with van der Waals surface area (Å²) in [6.07, 6.45) is 1.29. The molecule has 0 radical (unpaired) electrons. The summed E-state index contributed by atoms with van der Waals surface area (Å²) in [5.41, 5.74) is 0. The number of Topliss-reactive ketones (excluding diaryl/α,β-unsaturated/α-hetero) is 1. The molecule has 0 fully saturated rings. The van der Waals surface area contributed by atoms with Crippen molar-refractivity contribution in [3.05, 3.63) is 11.5 Å². The number of ketones is 1. The molecule has 0 N–H and O–H groups in total. The molecule has 0 saturated carbocycles. The topological polar surface area (TPSA) is 35.5 Å². The van der Waals surface area contributed by atoms with Crippen LogP contribution in [0.1, 0.15) is 12.8 Å². The monoisotopic (exact) mass is 140 g/mol. The van der Waals surface area contributed by atoms with E-state index in [0.717, 1.165) is 12.2 Å². The summed E-state index contributed by atoms with van der Waals surface area (Å²) in [7, 11) is 0. The van der Waals surface area contributed by atoms with Gasteiger partial charge in [0.15, 0.2) is 5.76 Å². The summed E-state index contributed by atoms with van der Waals surface area (Å²) >= 11 is 0. The van der Waals surface area contributed by atoms with Crippen LogP contribution in [0.5, 0.6) is 0 Å². The van der Waals surface area contributed by atoms with E-state index >= 15 is 0 Å². The molecule has 0 spiro atoms. The molecule has 54 valence electrons. The third kappa shape index (κ3) is 0.701. The van der Waals surface area contributed by atoms with Crippen LogP contribution in [-0.2, 0) is 14.3 Å². The van der Waals surface area contributed by atoms with Gasteiger partial charge in [0, 0.05) is 12.8 Å². The molecule has 3 nitrogen and oxygen atoms in total. The van der Waals surface area contributed by atoms with Crippen molar-refractivity contribution in [3.8, 4) is 0 Å². The Kier molecular flexibility index (Phi) is 1.16. The lowest BCUT2D eigenvalue weighted by atomic mass is 10.3. The van der Waals surface area contributed by atoms with Gasteiger partial charge in [0.2, 0.25) is 5.78 Å². The van der Waals surface area contributed by atoms with E-state index in [-0.39, 0.29) is 5.78 Å². The fourth-order valence-electron chi connectivity index (χ4n) is 1.22. The van der Waals surface area contributed by atoms with Crippen molar-refractivity contribution in [1.29, 1.82) is 0 Å². The summed E-state index contributed by atoms with van der Waals surface area (Å²) in [5, 5.41) is 0. The molecule has 0 bridgehead atoms. The number of rotatable bonds is 0. The Morgan fingerprint density at radius 3 is 2.70 bits per heavy atom. The van der Waals surface area contributed by atoms with Gasteiger partial charge in [-0.1, -0.05) is 0 Å². The molecule has 0 unspecified atom stereocenters. The highest BCUT2D eigenvalue weighted by Gasteiger charge is 2.28. The smallest absolute Gasteiger partial charge is 0.201 e. The lowest BCUT2D eigenvalue weighted by Gasteiger charge is -2.15. The van der Waals surface area contributed by atoms with Crippen LogP contribution in [0.3, 0.4) is 0 Å². The number of allylic oxidation sites excluding steroid dienone is 2. The van der Waals surface area contributed by atoms with Crippen LogP contribution in [0, 0.1) is 0 Å². The molecule has 0 aromatic rings. The molecular formula is C7H8O3. The predicted molar refractivity (Wildman–Crippen MR) is 33.2 cm³/mol. The quantitative estimate of drug-likeness (QED) is 0.494. The Labute approximate surface area is 58.6 Å². The van der Waals surface area contributed by atoms with Gasteiger partial charge < -0.3 is 9.47 Å². The minimum absolute atomic E-state index is 0.0923. The van der Waals surface area contributed by atoms with E-state index in [4.69, 9.17) is 9.47 Å². The minimum atomic E-state index is 0.0923. The van der Waals surface area contributed by atoms with Crippen molar-refractivity contribution < 1.29 is 14.3 Å². The third-order valence-electron chi connectivity index (χ3n) is 1.69. The van der Waals surface area contributed by atoms with Gasteiger partial charge in [-0.25, -0.2) is 0 Å². The largest absolute Gasteiger partial charge is 0.490 e. The van der Waals surface area contributed by atoms with E-state index in [1.54, 1.807) is 0 Å². The van der Waals surface area contributed by atoms with Crippen molar-refractivity contribution >= 4 is 5.78 Å². The molecule has 0 atom stereocenters. The highest BCUT2D eigenvalue weighted by atomic mass is 16.6. The summed E-state index contributed by atoms with van der Waals surface area (Å²) in [4.78, 5) is 10.9. The van der Waals surface area contributed by atoms with Crippen molar-refractivity contribution in [2.45, 2.75) is 12.8 Å². The van der Waals surface area contributed by atoms with E-state index in [1.165, 1.54) is 0 Å². The van der Waals surface area contributed by atoms with Crippen molar-refractivity contribution in [3.63, 3.8) is 0 Å². The molecular weight excluding hydrogens is 132 g/mol. The van der Waals surface area contributed by atoms with E-state index < -0.39 is 0 Å². The highest BCUT2D eigenvalue weighted by Crippen LogP contribution is 2.26. The molecule has 0 saturated heterocycles. The second kappa shape index (κ2) is 2.01. The molecule has 1 aliphatic heterocycles. The summed E-state index contributed by atoms with van der Waals surface area (Å²) in [5.74, 6) is 1.33. The van der Waals surface area contributed by atoms with Crippen molar-refractivity contribution in [1.82, 2.24) is 0 Å². The van der Waals surface area contributed by atoms with Gasteiger partial charge in [0.25, 0.3) is 0 Å². The van der Waals surface area contributed by atoms with E-state index in [9.17, 15) is 4.79 Å². The molecule has 2 rings (SSSR count). The first-order valence-electron chi connectivity index (χ1n) is 3.40. The SMILES string of the molecule is O=C1CCC2=C1OCCO2. The van der Waals surface area contributed by atoms with Gasteiger partial charge in [0.1, 0.15) is 19.0 Å². The van der Waals surface area contributed by atoms with Crippen molar-refractivity contribution in [2.75, 3.05) is 13.2 Å². The van der Waals surface area contributed by atoms with Crippen LogP contribution in [0.4, 0.5) is 0 Å². The third-order valence-corrected chi connectivity index (χ3v) is 1.69. The lowest BCUT2D eigenvalue weighted by Crippen LogP contribution is -2.13. The van der Waals surface area contributed by atoms with Gasteiger partial charge in [0.05, 0.1) is 0 Å². The maximum absolute atomic E-state index is 10.9. The Morgan fingerprint density at radius 1 is 1.10 bits per heavy atom. The van der Waals surface area contributed by atoms with Crippen LogP contribution < -0.4 is 0 Å². The fourth-order valence-corrected chi connectivity index (χ4v) is 1.22. The lowest BCUT2D eigenvalue weighted by molar-refractivity contribution is -0.118. The second-order valence-corrected chi connectivity index (χ2v) is 2.37. The average molecular weight is 140 g/mol. The molecule has 3 heteroatoms. The van der Waals surface area contributed by atoms with Gasteiger partial charge in [-0.3, -0.25) is 4.79 Å². The second-order valence-electron chi connectivity index (χ2n) is 2.37. The zero-order chi connectivity index (χ0) is 6.97. The van der Waals surface area contributed by atoms with Crippen LogP contribution in [0.15, 0.2) is 11.5 Å². The van der Waals surface area contributed by atoms with Crippen LogP contribution in [0.25, 0.3) is 0 Å². The maximum atomic E-state index is 10.9. The molecule has 2 aliphatic rings. The molecule has 10 heavy (non-hydrogen) atoms. The van der Waals surface area contributed by atoms with Crippen LogP contribution >= 0.6 is 0 Å². The number of carbonyl (C=O) groups is 1. The summed E-state index contributed by atoms with van der Waals surface area (Å²) < 4.78 is 10.3. The van der Waals surface area contributed by atoms with Gasteiger partial charge in [-0.05, 0) is 0 Å². The van der Waals surface area contributed by atoms with Gasteiger partial charge in [-0.2, -0.15) is 0 Å². The minimum Gasteiger partial charge on any atom is -0.490 e. The molecule has 0 aromatic carbocycles.